The van der Waals surface area contributed by atoms with E-state index in [-0.39, 0.29) is 18.4 Å². The number of hydrogen-bond acceptors (Lipinski definition) is 4. The van der Waals surface area contributed by atoms with Gasteiger partial charge in [-0.05, 0) is 24.3 Å². The van der Waals surface area contributed by atoms with E-state index in [9.17, 15) is 9.50 Å². The number of pyridine rings is 1. The first-order chi connectivity index (χ1) is 10.2. The highest BCUT2D eigenvalue weighted by Gasteiger charge is 2.21. The fraction of sp³-hybridized carbons (Fsp3) is 0.0625. The predicted octanol–water partition coefficient (Wildman–Crippen LogP) is 3.48. The van der Waals surface area contributed by atoms with E-state index in [2.05, 4.69) is 4.98 Å². The Morgan fingerprint density at radius 1 is 1.10 bits per heavy atom. The lowest BCUT2D eigenvalue weighted by Gasteiger charge is -2.08. The molecule has 104 valence electrons. The summed E-state index contributed by atoms with van der Waals surface area (Å²) in [5.41, 5.74) is 1.24. The van der Waals surface area contributed by atoms with Crippen LogP contribution in [-0.2, 0) is 0 Å². The maximum Gasteiger partial charge on any atom is 0.231 e. The molecule has 0 amide bonds. The highest BCUT2D eigenvalue weighted by molar-refractivity contribution is 5.95. The molecule has 4 rings (SSSR count). The van der Waals surface area contributed by atoms with Gasteiger partial charge in [0.1, 0.15) is 11.6 Å². The first-order valence-corrected chi connectivity index (χ1v) is 6.41. The van der Waals surface area contributed by atoms with Gasteiger partial charge in [-0.3, -0.25) is 0 Å². The van der Waals surface area contributed by atoms with E-state index < -0.39 is 0 Å². The van der Waals surface area contributed by atoms with Crippen LogP contribution in [0.25, 0.3) is 22.2 Å². The molecule has 2 aromatic carbocycles. The first-order valence-electron chi connectivity index (χ1n) is 6.41. The number of aromatic nitrogens is 1. The minimum atomic E-state index is -0.385. The van der Waals surface area contributed by atoms with Crippen molar-refractivity contribution in [2.45, 2.75) is 0 Å². The standard InChI is InChI=1S/C16H10FNO3/c17-10-4-2-1-3-9(10)12-7-13(19)15-11(18-12)5-6-14-16(15)21-8-20-14/h1-7H,8H2,(H,18,19). The third-order valence-corrected chi connectivity index (χ3v) is 3.44. The number of hydrogen-bond donors (Lipinski definition) is 1. The number of rotatable bonds is 1. The second-order valence-electron chi connectivity index (χ2n) is 4.70. The maximum absolute atomic E-state index is 13.9. The molecule has 0 radical (unpaired) electrons. The van der Waals surface area contributed by atoms with Crippen LogP contribution in [0.3, 0.4) is 0 Å². The lowest BCUT2D eigenvalue weighted by atomic mass is 10.1. The summed E-state index contributed by atoms with van der Waals surface area (Å²) in [6, 6.07) is 11.2. The second kappa shape index (κ2) is 4.34. The summed E-state index contributed by atoms with van der Waals surface area (Å²) in [4.78, 5) is 4.41. The van der Waals surface area contributed by atoms with E-state index in [1.807, 2.05) is 0 Å². The Hall–Kier alpha value is -2.82. The molecule has 1 aliphatic heterocycles. The van der Waals surface area contributed by atoms with Crippen LogP contribution in [-0.4, -0.2) is 16.9 Å². The summed E-state index contributed by atoms with van der Waals surface area (Å²) >= 11 is 0. The highest BCUT2D eigenvalue weighted by atomic mass is 19.1. The maximum atomic E-state index is 13.9. The van der Waals surface area contributed by atoms with Gasteiger partial charge in [-0.15, -0.1) is 0 Å². The molecule has 5 heteroatoms. The average molecular weight is 283 g/mol. The molecule has 0 unspecified atom stereocenters. The van der Waals surface area contributed by atoms with E-state index >= 15 is 0 Å². The quantitative estimate of drug-likeness (QED) is 0.743. The minimum absolute atomic E-state index is 0.0133. The van der Waals surface area contributed by atoms with Gasteiger partial charge in [-0.2, -0.15) is 0 Å². The van der Waals surface area contributed by atoms with Crippen molar-refractivity contribution in [3.8, 4) is 28.5 Å². The van der Waals surface area contributed by atoms with E-state index in [1.54, 1.807) is 30.3 Å². The summed E-state index contributed by atoms with van der Waals surface area (Å²) in [6.07, 6.45) is 0. The molecule has 1 N–H and O–H groups in total. The Morgan fingerprint density at radius 3 is 2.81 bits per heavy atom. The Morgan fingerprint density at radius 2 is 1.95 bits per heavy atom. The number of aromatic hydroxyl groups is 1. The van der Waals surface area contributed by atoms with Gasteiger partial charge in [0.2, 0.25) is 6.79 Å². The van der Waals surface area contributed by atoms with E-state index in [1.165, 1.54) is 12.1 Å². The summed E-state index contributed by atoms with van der Waals surface area (Å²) in [5, 5.41) is 10.7. The molecule has 1 aromatic heterocycles. The number of ether oxygens (including phenoxy) is 2. The Bertz CT molecular complexity index is 864. The first kappa shape index (κ1) is 12.0. The molecule has 0 saturated carbocycles. The predicted molar refractivity (Wildman–Crippen MR) is 74.9 cm³/mol. The molecule has 2 heterocycles. The smallest absolute Gasteiger partial charge is 0.231 e. The normalized spacial score (nSPS) is 12.8. The zero-order chi connectivity index (χ0) is 14.4. The van der Waals surface area contributed by atoms with Gasteiger partial charge in [0.05, 0.1) is 16.6 Å². The fourth-order valence-electron chi connectivity index (χ4n) is 2.47. The van der Waals surface area contributed by atoms with Crippen LogP contribution in [0.15, 0.2) is 42.5 Å². The topological polar surface area (TPSA) is 51.6 Å². The van der Waals surface area contributed by atoms with Crippen molar-refractivity contribution in [2.24, 2.45) is 0 Å². The van der Waals surface area contributed by atoms with Gasteiger partial charge in [0.15, 0.2) is 11.5 Å². The average Bonchev–Trinajstić information content (AvgIpc) is 2.95. The van der Waals surface area contributed by atoms with E-state index in [0.717, 1.165) is 0 Å². The lowest BCUT2D eigenvalue weighted by molar-refractivity contribution is 0.174. The molecular weight excluding hydrogens is 273 g/mol. The lowest BCUT2D eigenvalue weighted by Crippen LogP contribution is -1.93. The molecule has 0 atom stereocenters. The monoisotopic (exact) mass is 283 g/mol. The number of benzene rings is 2. The van der Waals surface area contributed by atoms with Gasteiger partial charge < -0.3 is 14.6 Å². The molecule has 0 spiro atoms. The Kier molecular flexibility index (Phi) is 2.47. The minimum Gasteiger partial charge on any atom is -0.507 e. The summed E-state index contributed by atoms with van der Waals surface area (Å²) in [6.45, 7) is 0.114. The molecule has 0 bridgehead atoms. The van der Waals surface area contributed by atoms with Crippen molar-refractivity contribution >= 4 is 10.9 Å². The fourth-order valence-corrected chi connectivity index (χ4v) is 2.47. The van der Waals surface area contributed by atoms with Crippen LogP contribution in [0.5, 0.6) is 17.2 Å². The van der Waals surface area contributed by atoms with Crippen LogP contribution < -0.4 is 9.47 Å². The zero-order valence-corrected chi connectivity index (χ0v) is 10.8. The summed E-state index contributed by atoms with van der Waals surface area (Å²) in [5.74, 6) is 0.640. The largest absolute Gasteiger partial charge is 0.507 e. The van der Waals surface area contributed by atoms with E-state index in [4.69, 9.17) is 9.47 Å². The molecule has 0 fully saturated rings. The third kappa shape index (κ3) is 1.78. The summed E-state index contributed by atoms with van der Waals surface area (Å²) in [7, 11) is 0. The molecular formula is C16H10FNO3. The summed E-state index contributed by atoms with van der Waals surface area (Å²) < 4.78 is 24.5. The molecule has 4 nitrogen and oxygen atoms in total. The van der Waals surface area contributed by atoms with Crippen LogP contribution in [0, 0.1) is 5.82 Å². The highest BCUT2D eigenvalue weighted by Crippen LogP contribution is 2.43. The Balaban J connectivity index is 1.99. The van der Waals surface area contributed by atoms with Crippen LogP contribution in [0.2, 0.25) is 0 Å². The second-order valence-corrected chi connectivity index (χ2v) is 4.70. The SMILES string of the molecule is Oc1cc(-c2ccccc2F)nc2ccc3c(c12)OCO3. The van der Waals surface area contributed by atoms with Crippen molar-refractivity contribution in [2.75, 3.05) is 6.79 Å². The van der Waals surface area contributed by atoms with Crippen molar-refractivity contribution in [1.82, 2.24) is 4.98 Å². The van der Waals surface area contributed by atoms with Gasteiger partial charge in [-0.25, -0.2) is 9.37 Å². The zero-order valence-electron chi connectivity index (χ0n) is 10.8. The number of fused-ring (bicyclic) bond motifs is 3. The van der Waals surface area contributed by atoms with Crippen molar-refractivity contribution in [1.29, 1.82) is 0 Å². The van der Waals surface area contributed by atoms with Gasteiger partial charge in [0, 0.05) is 11.6 Å². The van der Waals surface area contributed by atoms with E-state index in [0.29, 0.717) is 33.7 Å². The molecule has 1 aliphatic rings. The van der Waals surface area contributed by atoms with Crippen LogP contribution in [0.1, 0.15) is 0 Å². The van der Waals surface area contributed by atoms with Gasteiger partial charge in [0.25, 0.3) is 0 Å². The number of halogens is 1. The van der Waals surface area contributed by atoms with Gasteiger partial charge in [-0.1, -0.05) is 12.1 Å². The molecule has 21 heavy (non-hydrogen) atoms. The molecule has 0 saturated heterocycles. The van der Waals surface area contributed by atoms with Gasteiger partial charge >= 0.3 is 0 Å². The number of nitrogens with zero attached hydrogens (tertiary/aromatic N) is 1. The molecule has 3 aromatic rings. The Labute approximate surface area is 119 Å². The van der Waals surface area contributed by atoms with Crippen molar-refractivity contribution < 1.29 is 19.0 Å². The third-order valence-electron chi connectivity index (χ3n) is 3.44. The van der Waals surface area contributed by atoms with Crippen molar-refractivity contribution in [3.63, 3.8) is 0 Å². The van der Waals surface area contributed by atoms with Crippen LogP contribution in [0.4, 0.5) is 4.39 Å². The van der Waals surface area contributed by atoms with Crippen molar-refractivity contribution in [3.05, 3.63) is 48.3 Å². The van der Waals surface area contributed by atoms with Crippen LogP contribution >= 0.6 is 0 Å². The molecule has 0 aliphatic carbocycles.